The van der Waals surface area contributed by atoms with Crippen LogP contribution in [0.1, 0.15) is 33.2 Å². The van der Waals surface area contributed by atoms with Gasteiger partial charge in [0.2, 0.25) is 0 Å². The van der Waals surface area contributed by atoms with Crippen LogP contribution in [0.4, 0.5) is 0 Å². The SMILES string of the molecule is CCOc1ccc(C(=O)NNC(=O)c2ccccc2OCc2ccccc2)cc1. The predicted molar refractivity (Wildman–Crippen MR) is 110 cm³/mol. The van der Waals surface area contributed by atoms with E-state index in [9.17, 15) is 9.59 Å². The van der Waals surface area contributed by atoms with Crippen LogP contribution in [-0.4, -0.2) is 18.4 Å². The Morgan fingerprint density at radius 3 is 2.14 bits per heavy atom. The minimum Gasteiger partial charge on any atom is -0.494 e. The smallest absolute Gasteiger partial charge is 0.273 e. The Kier molecular flexibility index (Phi) is 6.84. The lowest BCUT2D eigenvalue weighted by atomic mass is 10.2. The molecule has 0 fully saturated rings. The normalized spacial score (nSPS) is 10.1. The van der Waals surface area contributed by atoms with E-state index in [4.69, 9.17) is 9.47 Å². The van der Waals surface area contributed by atoms with Crippen molar-refractivity contribution in [3.8, 4) is 11.5 Å². The Morgan fingerprint density at radius 2 is 1.41 bits per heavy atom. The molecule has 0 spiro atoms. The molecular weight excluding hydrogens is 368 g/mol. The molecule has 148 valence electrons. The number of hydrazine groups is 1. The van der Waals surface area contributed by atoms with Crippen LogP contribution in [0.25, 0.3) is 0 Å². The van der Waals surface area contributed by atoms with Gasteiger partial charge in [0.1, 0.15) is 18.1 Å². The molecule has 29 heavy (non-hydrogen) atoms. The zero-order chi connectivity index (χ0) is 20.5. The van der Waals surface area contributed by atoms with E-state index in [1.807, 2.05) is 37.3 Å². The molecule has 0 unspecified atom stereocenters. The first-order chi connectivity index (χ1) is 14.2. The van der Waals surface area contributed by atoms with Gasteiger partial charge in [-0.3, -0.25) is 20.4 Å². The first-order valence-electron chi connectivity index (χ1n) is 9.26. The molecular formula is C23H22N2O4. The van der Waals surface area contributed by atoms with Gasteiger partial charge in [0.25, 0.3) is 11.8 Å². The zero-order valence-corrected chi connectivity index (χ0v) is 16.1. The molecule has 0 saturated heterocycles. The number of hydrogen-bond donors (Lipinski definition) is 2. The third-order valence-electron chi connectivity index (χ3n) is 4.09. The van der Waals surface area contributed by atoms with Crippen molar-refractivity contribution in [2.45, 2.75) is 13.5 Å². The van der Waals surface area contributed by atoms with Crippen molar-refractivity contribution in [1.29, 1.82) is 0 Å². The maximum Gasteiger partial charge on any atom is 0.273 e. The fraction of sp³-hybridized carbons (Fsp3) is 0.130. The van der Waals surface area contributed by atoms with Crippen LogP contribution >= 0.6 is 0 Å². The minimum absolute atomic E-state index is 0.329. The van der Waals surface area contributed by atoms with E-state index in [0.29, 0.717) is 35.8 Å². The van der Waals surface area contributed by atoms with Crippen LogP contribution in [-0.2, 0) is 6.61 Å². The molecule has 2 amide bonds. The molecule has 6 heteroatoms. The fourth-order valence-electron chi connectivity index (χ4n) is 2.64. The van der Waals surface area contributed by atoms with E-state index in [1.165, 1.54) is 0 Å². The standard InChI is InChI=1S/C23H22N2O4/c1-2-28-19-14-12-18(13-15-19)22(26)24-25-23(27)20-10-6-7-11-21(20)29-16-17-8-4-3-5-9-17/h3-15H,2,16H2,1H3,(H,24,26)(H,25,27). The number of para-hydroxylation sites is 1. The Bertz CT molecular complexity index is 956. The topological polar surface area (TPSA) is 76.7 Å². The summed E-state index contributed by atoms with van der Waals surface area (Å²) in [5, 5.41) is 0. The third kappa shape index (κ3) is 5.59. The highest BCUT2D eigenvalue weighted by molar-refractivity contribution is 6.00. The predicted octanol–water partition coefficient (Wildman–Crippen LogP) is 3.74. The van der Waals surface area contributed by atoms with Gasteiger partial charge in [-0.1, -0.05) is 42.5 Å². The Hall–Kier alpha value is -3.80. The average molecular weight is 390 g/mol. The van der Waals surface area contributed by atoms with Gasteiger partial charge in [-0.15, -0.1) is 0 Å². The quantitative estimate of drug-likeness (QED) is 0.603. The van der Waals surface area contributed by atoms with Crippen molar-refractivity contribution < 1.29 is 19.1 Å². The molecule has 0 aliphatic heterocycles. The lowest BCUT2D eigenvalue weighted by Crippen LogP contribution is -2.41. The van der Waals surface area contributed by atoms with Gasteiger partial charge in [0, 0.05) is 5.56 Å². The van der Waals surface area contributed by atoms with Gasteiger partial charge < -0.3 is 9.47 Å². The van der Waals surface area contributed by atoms with E-state index in [2.05, 4.69) is 10.9 Å². The van der Waals surface area contributed by atoms with Crippen LogP contribution in [0.2, 0.25) is 0 Å². The Morgan fingerprint density at radius 1 is 0.759 bits per heavy atom. The summed E-state index contributed by atoms with van der Waals surface area (Å²) in [6.45, 7) is 2.77. The molecule has 2 N–H and O–H groups in total. The first-order valence-corrected chi connectivity index (χ1v) is 9.26. The van der Waals surface area contributed by atoms with Crippen LogP contribution < -0.4 is 20.3 Å². The summed E-state index contributed by atoms with van der Waals surface area (Å²) in [7, 11) is 0. The molecule has 0 saturated carbocycles. The van der Waals surface area contributed by atoms with Crippen LogP contribution in [0.15, 0.2) is 78.9 Å². The molecule has 3 aromatic carbocycles. The second kappa shape index (κ2) is 9.94. The summed E-state index contributed by atoms with van der Waals surface area (Å²) in [6, 6.07) is 23.2. The van der Waals surface area contributed by atoms with Crippen molar-refractivity contribution in [1.82, 2.24) is 10.9 Å². The summed E-state index contributed by atoms with van der Waals surface area (Å²) in [4.78, 5) is 24.8. The average Bonchev–Trinajstić information content (AvgIpc) is 2.77. The third-order valence-corrected chi connectivity index (χ3v) is 4.09. The molecule has 0 aliphatic carbocycles. The summed E-state index contributed by atoms with van der Waals surface area (Å²) in [5.41, 5.74) is 6.57. The highest BCUT2D eigenvalue weighted by Crippen LogP contribution is 2.19. The maximum absolute atomic E-state index is 12.5. The molecule has 0 aliphatic rings. The van der Waals surface area contributed by atoms with E-state index >= 15 is 0 Å². The van der Waals surface area contributed by atoms with E-state index in [1.54, 1.807) is 48.5 Å². The lowest BCUT2D eigenvalue weighted by molar-refractivity contribution is 0.0844. The second-order valence-corrected chi connectivity index (χ2v) is 6.14. The van der Waals surface area contributed by atoms with E-state index in [-0.39, 0.29) is 0 Å². The summed E-state index contributed by atoms with van der Waals surface area (Å²) < 4.78 is 11.1. The molecule has 0 heterocycles. The number of amides is 2. The molecule has 0 bridgehead atoms. The Labute approximate surface area is 169 Å². The molecule has 0 atom stereocenters. The maximum atomic E-state index is 12.5. The van der Waals surface area contributed by atoms with Crippen LogP contribution in [0, 0.1) is 0 Å². The monoisotopic (exact) mass is 390 g/mol. The van der Waals surface area contributed by atoms with Crippen LogP contribution in [0.5, 0.6) is 11.5 Å². The van der Waals surface area contributed by atoms with E-state index in [0.717, 1.165) is 5.56 Å². The van der Waals surface area contributed by atoms with Crippen molar-refractivity contribution in [2.75, 3.05) is 6.61 Å². The van der Waals surface area contributed by atoms with Gasteiger partial charge >= 0.3 is 0 Å². The highest BCUT2D eigenvalue weighted by atomic mass is 16.5. The van der Waals surface area contributed by atoms with Crippen molar-refractivity contribution in [3.05, 3.63) is 95.6 Å². The number of benzene rings is 3. The number of carbonyl (C=O) groups excluding carboxylic acids is 2. The van der Waals surface area contributed by atoms with Gasteiger partial charge in [0.15, 0.2) is 0 Å². The zero-order valence-electron chi connectivity index (χ0n) is 16.1. The molecule has 3 aromatic rings. The Balaban J connectivity index is 1.59. The summed E-state index contributed by atoms with van der Waals surface area (Å²) in [5.74, 6) is 0.221. The lowest BCUT2D eigenvalue weighted by Gasteiger charge is -2.12. The molecule has 6 nitrogen and oxygen atoms in total. The van der Waals surface area contributed by atoms with Crippen molar-refractivity contribution in [2.24, 2.45) is 0 Å². The number of carbonyl (C=O) groups is 2. The summed E-state index contributed by atoms with van der Waals surface area (Å²) in [6.07, 6.45) is 0. The number of ether oxygens (including phenoxy) is 2. The van der Waals surface area contributed by atoms with Crippen molar-refractivity contribution >= 4 is 11.8 Å². The highest BCUT2D eigenvalue weighted by Gasteiger charge is 2.14. The second-order valence-electron chi connectivity index (χ2n) is 6.14. The minimum atomic E-state index is -0.465. The number of nitrogens with one attached hydrogen (secondary N) is 2. The largest absolute Gasteiger partial charge is 0.494 e. The molecule has 0 aromatic heterocycles. The first kappa shape index (κ1) is 19.9. The fourth-order valence-corrected chi connectivity index (χ4v) is 2.64. The molecule has 3 rings (SSSR count). The van der Waals surface area contributed by atoms with Crippen LogP contribution in [0.3, 0.4) is 0 Å². The van der Waals surface area contributed by atoms with Gasteiger partial charge in [0.05, 0.1) is 12.2 Å². The number of hydrogen-bond acceptors (Lipinski definition) is 4. The summed E-state index contributed by atoms with van der Waals surface area (Å²) >= 11 is 0. The molecule has 0 radical (unpaired) electrons. The van der Waals surface area contributed by atoms with Crippen molar-refractivity contribution in [3.63, 3.8) is 0 Å². The van der Waals surface area contributed by atoms with Gasteiger partial charge in [-0.05, 0) is 48.9 Å². The van der Waals surface area contributed by atoms with Gasteiger partial charge in [-0.2, -0.15) is 0 Å². The van der Waals surface area contributed by atoms with Gasteiger partial charge in [-0.25, -0.2) is 0 Å². The number of rotatable bonds is 7. The van der Waals surface area contributed by atoms with E-state index < -0.39 is 11.8 Å².